The number of rotatable bonds is 5. The first-order valence-corrected chi connectivity index (χ1v) is 9.83. The van der Waals surface area contributed by atoms with E-state index < -0.39 is 34.3 Å². The molecular formula is C23H24ClF3O2. The lowest BCUT2D eigenvalue weighted by atomic mass is 9.97. The lowest BCUT2D eigenvalue weighted by molar-refractivity contribution is -0.166. The zero-order valence-corrected chi connectivity index (χ0v) is 17.6. The Morgan fingerprint density at radius 1 is 1.10 bits per heavy atom. The van der Waals surface area contributed by atoms with Crippen LogP contribution in [0.15, 0.2) is 48.5 Å². The number of hydrogen-bond acceptors (Lipinski definition) is 2. The molecule has 6 heteroatoms. The van der Waals surface area contributed by atoms with Gasteiger partial charge in [-0.15, -0.1) is 11.6 Å². The molecule has 1 unspecified atom stereocenters. The summed E-state index contributed by atoms with van der Waals surface area (Å²) in [5.41, 5.74) is 2.98. The smallest absolute Gasteiger partial charge is 0.407 e. The number of esters is 1. The third-order valence-corrected chi connectivity index (χ3v) is 6.57. The highest BCUT2D eigenvalue weighted by Gasteiger charge is 2.75. The molecule has 3 rings (SSSR count). The van der Waals surface area contributed by atoms with Crippen molar-refractivity contribution in [3.05, 3.63) is 59.7 Å². The van der Waals surface area contributed by atoms with Gasteiger partial charge >= 0.3 is 12.1 Å². The summed E-state index contributed by atoms with van der Waals surface area (Å²) in [5.74, 6) is -2.55. The van der Waals surface area contributed by atoms with E-state index in [1.807, 2.05) is 55.5 Å². The summed E-state index contributed by atoms with van der Waals surface area (Å²) in [6.07, 6.45) is -4.61. The van der Waals surface area contributed by atoms with E-state index in [4.69, 9.17) is 16.3 Å². The quantitative estimate of drug-likeness (QED) is 0.402. The first-order chi connectivity index (χ1) is 13.4. The first kappa shape index (κ1) is 21.7. The SMILES string of the molecule is Cc1c(COC(=O)[C@H]2C([C@@](C)(Cl)C(F)(F)F)C2(C)C)cccc1-c1ccccc1. The second-order valence-electron chi connectivity index (χ2n) is 8.41. The maximum absolute atomic E-state index is 13.3. The normalized spacial score (nSPS) is 22.6. The molecule has 1 aliphatic rings. The lowest BCUT2D eigenvalue weighted by Gasteiger charge is -2.26. The molecule has 156 valence electrons. The molecule has 2 aromatic carbocycles. The average molecular weight is 425 g/mol. The third kappa shape index (κ3) is 3.89. The van der Waals surface area contributed by atoms with Crippen LogP contribution in [0.1, 0.15) is 31.9 Å². The van der Waals surface area contributed by atoms with Gasteiger partial charge in [0.15, 0.2) is 0 Å². The van der Waals surface area contributed by atoms with Gasteiger partial charge < -0.3 is 4.74 Å². The minimum absolute atomic E-state index is 0.00958. The third-order valence-electron chi connectivity index (χ3n) is 6.12. The molecule has 0 amide bonds. The molecule has 2 nitrogen and oxygen atoms in total. The van der Waals surface area contributed by atoms with E-state index in [1.165, 1.54) is 0 Å². The average Bonchev–Trinajstić information content (AvgIpc) is 3.23. The largest absolute Gasteiger partial charge is 0.461 e. The van der Waals surface area contributed by atoms with E-state index in [0.29, 0.717) is 0 Å². The van der Waals surface area contributed by atoms with Crippen LogP contribution in [-0.2, 0) is 16.1 Å². The Hall–Kier alpha value is -2.01. The predicted octanol–water partition coefficient (Wildman–Crippen LogP) is 6.54. The van der Waals surface area contributed by atoms with Crippen molar-refractivity contribution >= 4 is 17.6 Å². The van der Waals surface area contributed by atoms with Crippen molar-refractivity contribution in [3.8, 4) is 11.1 Å². The van der Waals surface area contributed by atoms with Crippen molar-refractivity contribution in [3.63, 3.8) is 0 Å². The molecule has 0 heterocycles. The van der Waals surface area contributed by atoms with Crippen molar-refractivity contribution in [2.75, 3.05) is 0 Å². The molecule has 1 aliphatic carbocycles. The maximum atomic E-state index is 13.3. The molecule has 1 fully saturated rings. The fourth-order valence-corrected chi connectivity index (χ4v) is 4.68. The molecular weight excluding hydrogens is 401 g/mol. The summed E-state index contributed by atoms with van der Waals surface area (Å²) in [5, 5.41) is 0. The van der Waals surface area contributed by atoms with E-state index in [2.05, 4.69) is 0 Å². The summed E-state index contributed by atoms with van der Waals surface area (Å²) < 4.78 is 45.4. The van der Waals surface area contributed by atoms with Crippen LogP contribution in [0.5, 0.6) is 0 Å². The number of alkyl halides is 4. The monoisotopic (exact) mass is 424 g/mol. The van der Waals surface area contributed by atoms with Crippen LogP contribution in [0.4, 0.5) is 13.2 Å². The minimum atomic E-state index is -4.61. The molecule has 3 atom stereocenters. The van der Waals surface area contributed by atoms with Crippen LogP contribution in [-0.4, -0.2) is 17.0 Å². The Bertz CT molecular complexity index is 904. The molecule has 29 heavy (non-hydrogen) atoms. The van der Waals surface area contributed by atoms with Gasteiger partial charge in [0.1, 0.15) is 11.5 Å². The minimum Gasteiger partial charge on any atom is -0.461 e. The van der Waals surface area contributed by atoms with E-state index in [-0.39, 0.29) is 6.61 Å². The maximum Gasteiger partial charge on any atom is 0.407 e. The van der Waals surface area contributed by atoms with Crippen molar-refractivity contribution < 1.29 is 22.7 Å². The van der Waals surface area contributed by atoms with Crippen LogP contribution in [0, 0.1) is 24.2 Å². The van der Waals surface area contributed by atoms with Gasteiger partial charge in [0.05, 0.1) is 5.92 Å². The molecule has 0 aliphatic heterocycles. The zero-order chi connectivity index (χ0) is 21.6. The number of ether oxygens (including phenoxy) is 1. The van der Waals surface area contributed by atoms with E-state index in [1.54, 1.807) is 13.8 Å². The van der Waals surface area contributed by atoms with Crippen LogP contribution >= 0.6 is 11.6 Å². The van der Waals surface area contributed by atoms with Crippen molar-refractivity contribution in [2.24, 2.45) is 17.3 Å². The van der Waals surface area contributed by atoms with Crippen molar-refractivity contribution in [2.45, 2.75) is 45.4 Å². The fourth-order valence-electron chi connectivity index (χ4n) is 4.27. The first-order valence-electron chi connectivity index (χ1n) is 9.45. The fraction of sp³-hybridized carbons (Fsp3) is 0.435. The Kier molecular flexibility index (Phi) is 5.50. The predicted molar refractivity (Wildman–Crippen MR) is 107 cm³/mol. The molecule has 0 spiro atoms. The van der Waals surface area contributed by atoms with Gasteiger partial charge in [-0.3, -0.25) is 4.79 Å². The van der Waals surface area contributed by atoms with Crippen LogP contribution < -0.4 is 0 Å². The standard InChI is InChI=1S/C23H24ClF3O2/c1-14-16(11-8-12-17(14)15-9-6-5-7-10-15)13-29-20(28)18-19(21(18,2)3)22(4,24)23(25,26)27/h5-12,18-19H,13H2,1-4H3/t18-,19?,22-/m1/s1. The van der Waals surface area contributed by atoms with Crippen LogP contribution in [0.2, 0.25) is 0 Å². The Labute approximate surface area is 174 Å². The molecule has 0 N–H and O–H groups in total. The van der Waals surface area contributed by atoms with E-state index >= 15 is 0 Å². The highest BCUT2D eigenvalue weighted by Crippen LogP contribution is 2.68. The van der Waals surface area contributed by atoms with Gasteiger partial charge in [-0.05, 0) is 41.5 Å². The van der Waals surface area contributed by atoms with Gasteiger partial charge in [0.2, 0.25) is 0 Å². The highest BCUT2D eigenvalue weighted by molar-refractivity contribution is 6.25. The Balaban J connectivity index is 1.74. The Morgan fingerprint density at radius 3 is 2.31 bits per heavy atom. The highest BCUT2D eigenvalue weighted by atomic mass is 35.5. The second kappa shape index (κ2) is 7.35. The number of benzene rings is 2. The molecule has 0 bridgehead atoms. The summed E-state index contributed by atoms with van der Waals surface area (Å²) >= 11 is 5.83. The molecule has 0 saturated heterocycles. The van der Waals surface area contributed by atoms with E-state index in [0.717, 1.165) is 29.2 Å². The van der Waals surface area contributed by atoms with Crippen LogP contribution in [0.3, 0.4) is 0 Å². The van der Waals surface area contributed by atoms with Crippen molar-refractivity contribution in [1.82, 2.24) is 0 Å². The van der Waals surface area contributed by atoms with Gasteiger partial charge in [-0.1, -0.05) is 62.4 Å². The zero-order valence-electron chi connectivity index (χ0n) is 16.8. The van der Waals surface area contributed by atoms with Gasteiger partial charge in [0.25, 0.3) is 0 Å². The van der Waals surface area contributed by atoms with Gasteiger partial charge in [-0.2, -0.15) is 13.2 Å². The number of hydrogen-bond donors (Lipinski definition) is 0. The second-order valence-corrected chi connectivity index (χ2v) is 9.20. The Morgan fingerprint density at radius 2 is 1.72 bits per heavy atom. The van der Waals surface area contributed by atoms with Gasteiger partial charge in [0, 0.05) is 5.92 Å². The molecule has 1 saturated carbocycles. The molecule has 0 radical (unpaired) electrons. The number of halogens is 4. The summed E-state index contributed by atoms with van der Waals surface area (Å²) in [6, 6.07) is 15.5. The summed E-state index contributed by atoms with van der Waals surface area (Å²) in [4.78, 5) is 10.1. The molecule has 0 aromatic heterocycles. The molecule has 2 aromatic rings. The summed E-state index contributed by atoms with van der Waals surface area (Å²) in [6.45, 7) is 6.13. The van der Waals surface area contributed by atoms with Gasteiger partial charge in [-0.25, -0.2) is 0 Å². The topological polar surface area (TPSA) is 26.3 Å². The summed E-state index contributed by atoms with van der Waals surface area (Å²) in [7, 11) is 0. The van der Waals surface area contributed by atoms with Crippen LogP contribution in [0.25, 0.3) is 11.1 Å². The van der Waals surface area contributed by atoms with E-state index in [9.17, 15) is 18.0 Å². The lowest BCUT2D eigenvalue weighted by Crippen LogP contribution is -2.40. The number of carbonyl (C=O) groups is 1. The van der Waals surface area contributed by atoms with Crippen molar-refractivity contribution in [1.29, 1.82) is 0 Å². The number of carbonyl (C=O) groups excluding carboxylic acids is 1.